The van der Waals surface area contributed by atoms with Crippen molar-refractivity contribution in [1.82, 2.24) is 5.32 Å². The van der Waals surface area contributed by atoms with Crippen molar-refractivity contribution in [2.75, 3.05) is 18.1 Å². The van der Waals surface area contributed by atoms with Gasteiger partial charge in [-0.3, -0.25) is 9.59 Å². The van der Waals surface area contributed by atoms with E-state index in [1.54, 1.807) is 4.90 Å². The number of nitrogens with zero attached hydrogens (tertiary/aromatic N) is 1. The number of nitrogens with one attached hydrogen (secondary N) is 1. The summed E-state index contributed by atoms with van der Waals surface area (Å²) in [7, 11) is 0. The Hall–Kier alpha value is -2.82. The van der Waals surface area contributed by atoms with Crippen molar-refractivity contribution in [3.05, 3.63) is 59.7 Å². The summed E-state index contributed by atoms with van der Waals surface area (Å²) < 4.78 is 5.80. The van der Waals surface area contributed by atoms with Crippen LogP contribution in [-0.2, 0) is 9.59 Å². The highest BCUT2D eigenvalue weighted by Crippen LogP contribution is 2.35. The highest BCUT2D eigenvalue weighted by Gasteiger charge is 2.37. The lowest BCUT2D eigenvalue weighted by atomic mass is 10.1. The Bertz CT molecular complexity index is 788. The molecule has 0 aliphatic carbocycles. The first kappa shape index (κ1) is 17.0. The van der Waals surface area contributed by atoms with Gasteiger partial charge in [-0.1, -0.05) is 36.4 Å². The van der Waals surface area contributed by atoms with Crippen LogP contribution in [-0.4, -0.2) is 25.0 Å². The van der Waals surface area contributed by atoms with E-state index in [9.17, 15) is 9.59 Å². The molecule has 0 bridgehead atoms. The summed E-state index contributed by atoms with van der Waals surface area (Å²) in [6.45, 7) is 4.52. The van der Waals surface area contributed by atoms with Crippen molar-refractivity contribution >= 4 is 17.5 Å². The SMILES string of the molecule is CC(=O)N[C@@H]1C(=O)N(CCCOc2ccccc2C)c2ccccc21. The van der Waals surface area contributed by atoms with E-state index in [1.807, 2.05) is 55.5 Å². The Labute approximate surface area is 147 Å². The van der Waals surface area contributed by atoms with Crippen LogP contribution in [0, 0.1) is 6.92 Å². The Morgan fingerprint density at radius 3 is 2.64 bits per heavy atom. The fraction of sp³-hybridized carbons (Fsp3) is 0.300. The molecule has 0 aromatic heterocycles. The van der Waals surface area contributed by atoms with Crippen LogP contribution < -0.4 is 15.0 Å². The molecule has 1 aliphatic rings. The van der Waals surface area contributed by atoms with E-state index < -0.39 is 6.04 Å². The van der Waals surface area contributed by atoms with E-state index >= 15 is 0 Å². The van der Waals surface area contributed by atoms with Crippen LogP contribution in [0.25, 0.3) is 0 Å². The lowest BCUT2D eigenvalue weighted by Gasteiger charge is -2.18. The zero-order valence-corrected chi connectivity index (χ0v) is 14.5. The van der Waals surface area contributed by atoms with Gasteiger partial charge in [0.25, 0.3) is 5.91 Å². The van der Waals surface area contributed by atoms with Gasteiger partial charge in [0.15, 0.2) is 0 Å². The third-order valence-corrected chi connectivity index (χ3v) is 4.28. The predicted octanol–water partition coefficient (Wildman–Crippen LogP) is 2.99. The van der Waals surface area contributed by atoms with Crippen molar-refractivity contribution in [3.63, 3.8) is 0 Å². The lowest BCUT2D eigenvalue weighted by molar-refractivity contribution is -0.126. The molecule has 0 radical (unpaired) electrons. The summed E-state index contributed by atoms with van der Waals surface area (Å²) in [4.78, 5) is 25.8. The maximum Gasteiger partial charge on any atom is 0.254 e. The molecule has 2 aromatic rings. The van der Waals surface area contributed by atoms with Gasteiger partial charge in [0.1, 0.15) is 11.8 Å². The van der Waals surface area contributed by atoms with Crippen LogP contribution in [0.3, 0.4) is 0 Å². The zero-order valence-electron chi connectivity index (χ0n) is 14.5. The summed E-state index contributed by atoms with van der Waals surface area (Å²) in [5, 5.41) is 2.74. The van der Waals surface area contributed by atoms with Gasteiger partial charge in [-0.15, -0.1) is 0 Å². The third kappa shape index (κ3) is 3.65. The molecule has 1 heterocycles. The highest BCUT2D eigenvalue weighted by molar-refractivity contribution is 6.06. The van der Waals surface area contributed by atoms with Crippen LogP contribution in [0.15, 0.2) is 48.5 Å². The molecule has 5 nitrogen and oxygen atoms in total. The van der Waals surface area contributed by atoms with E-state index in [2.05, 4.69) is 5.32 Å². The van der Waals surface area contributed by atoms with Gasteiger partial charge >= 0.3 is 0 Å². The monoisotopic (exact) mass is 338 g/mol. The zero-order chi connectivity index (χ0) is 17.8. The van der Waals surface area contributed by atoms with Crippen LogP contribution in [0.4, 0.5) is 5.69 Å². The van der Waals surface area contributed by atoms with Crippen LogP contribution in [0.5, 0.6) is 5.75 Å². The fourth-order valence-corrected chi connectivity index (χ4v) is 3.08. The summed E-state index contributed by atoms with van der Waals surface area (Å²) in [5.41, 5.74) is 2.81. The van der Waals surface area contributed by atoms with Crippen molar-refractivity contribution in [3.8, 4) is 5.75 Å². The fourth-order valence-electron chi connectivity index (χ4n) is 3.08. The predicted molar refractivity (Wildman–Crippen MR) is 96.6 cm³/mol. The number of para-hydroxylation sites is 2. The molecule has 25 heavy (non-hydrogen) atoms. The quantitative estimate of drug-likeness (QED) is 0.824. The summed E-state index contributed by atoms with van der Waals surface area (Å²) in [5.74, 6) is 0.567. The lowest BCUT2D eigenvalue weighted by Crippen LogP contribution is -2.37. The van der Waals surface area contributed by atoms with E-state index in [0.717, 1.165) is 22.6 Å². The number of carbonyl (C=O) groups is 2. The number of fused-ring (bicyclic) bond motifs is 1. The second-order valence-corrected chi connectivity index (χ2v) is 6.15. The number of rotatable bonds is 6. The van der Waals surface area contributed by atoms with Gasteiger partial charge in [-0.05, 0) is 31.0 Å². The number of amides is 2. The van der Waals surface area contributed by atoms with Gasteiger partial charge in [-0.2, -0.15) is 0 Å². The van der Waals surface area contributed by atoms with Gasteiger partial charge in [0, 0.05) is 24.7 Å². The van der Waals surface area contributed by atoms with Crippen molar-refractivity contribution in [1.29, 1.82) is 0 Å². The van der Waals surface area contributed by atoms with Crippen molar-refractivity contribution < 1.29 is 14.3 Å². The molecule has 3 rings (SSSR count). The average Bonchev–Trinajstić information content (AvgIpc) is 2.85. The molecule has 5 heteroatoms. The van der Waals surface area contributed by atoms with E-state index in [-0.39, 0.29) is 11.8 Å². The van der Waals surface area contributed by atoms with E-state index in [1.165, 1.54) is 6.92 Å². The molecule has 1 N–H and O–H groups in total. The standard InChI is InChI=1S/C20H22N2O3/c1-14-8-3-6-11-18(14)25-13-7-12-22-17-10-5-4-9-16(17)19(20(22)24)21-15(2)23/h3-6,8-11,19H,7,12-13H2,1-2H3,(H,21,23)/t19-/m0/s1. The maximum absolute atomic E-state index is 12.7. The first-order chi connectivity index (χ1) is 12.1. The molecular formula is C20H22N2O3. The molecule has 130 valence electrons. The average molecular weight is 338 g/mol. The second-order valence-electron chi connectivity index (χ2n) is 6.15. The van der Waals surface area contributed by atoms with Gasteiger partial charge < -0.3 is 15.0 Å². The normalized spacial score (nSPS) is 15.8. The molecule has 2 aromatic carbocycles. The van der Waals surface area contributed by atoms with Crippen LogP contribution >= 0.6 is 0 Å². The summed E-state index contributed by atoms with van der Waals surface area (Å²) >= 11 is 0. The van der Waals surface area contributed by atoms with Gasteiger partial charge in [0.05, 0.1) is 6.61 Å². The van der Waals surface area contributed by atoms with Crippen LogP contribution in [0.1, 0.15) is 30.5 Å². The molecule has 0 saturated carbocycles. The molecular weight excluding hydrogens is 316 g/mol. The Morgan fingerprint density at radius 1 is 1.16 bits per heavy atom. The first-order valence-corrected chi connectivity index (χ1v) is 8.44. The minimum Gasteiger partial charge on any atom is -0.493 e. The molecule has 0 saturated heterocycles. The summed E-state index contributed by atoms with van der Waals surface area (Å²) in [6.07, 6.45) is 0.710. The number of hydrogen-bond acceptors (Lipinski definition) is 3. The number of anilines is 1. The number of aryl methyl sites for hydroxylation is 1. The third-order valence-electron chi connectivity index (χ3n) is 4.28. The minimum absolute atomic E-state index is 0.0905. The number of carbonyl (C=O) groups excluding carboxylic acids is 2. The van der Waals surface area contributed by atoms with E-state index in [0.29, 0.717) is 19.6 Å². The highest BCUT2D eigenvalue weighted by atomic mass is 16.5. The van der Waals surface area contributed by atoms with Gasteiger partial charge in [0.2, 0.25) is 5.91 Å². The van der Waals surface area contributed by atoms with Gasteiger partial charge in [-0.25, -0.2) is 0 Å². The largest absolute Gasteiger partial charge is 0.493 e. The van der Waals surface area contributed by atoms with Crippen LogP contribution in [0.2, 0.25) is 0 Å². The second kappa shape index (κ2) is 7.38. The molecule has 1 aliphatic heterocycles. The van der Waals surface area contributed by atoms with E-state index in [4.69, 9.17) is 4.74 Å². The number of benzene rings is 2. The van der Waals surface area contributed by atoms with Crippen molar-refractivity contribution in [2.45, 2.75) is 26.3 Å². The Balaban J connectivity index is 1.63. The Morgan fingerprint density at radius 2 is 1.88 bits per heavy atom. The Kier molecular flexibility index (Phi) is 5.03. The molecule has 2 amide bonds. The smallest absolute Gasteiger partial charge is 0.254 e. The first-order valence-electron chi connectivity index (χ1n) is 8.44. The summed E-state index contributed by atoms with van der Waals surface area (Å²) in [6, 6.07) is 14.9. The van der Waals surface area contributed by atoms with Crippen molar-refractivity contribution in [2.24, 2.45) is 0 Å². The minimum atomic E-state index is -0.592. The molecule has 0 unspecified atom stereocenters. The maximum atomic E-state index is 12.7. The number of hydrogen-bond donors (Lipinski definition) is 1. The molecule has 1 atom stereocenters. The topological polar surface area (TPSA) is 58.6 Å². The molecule has 0 fully saturated rings. The molecule has 0 spiro atoms. The number of ether oxygens (including phenoxy) is 1.